The second-order valence-electron chi connectivity index (χ2n) is 2.96. The number of quaternary nitrogens is 1. The van der Waals surface area contributed by atoms with Gasteiger partial charge in [-0.15, -0.1) is 0 Å². The van der Waals surface area contributed by atoms with Crippen molar-refractivity contribution in [2.24, 2.45) is 4.99 Å². The van der Waals surface area contributed by atoms with Crippen LogP contribution in [0.15, 0.2) is 17.4 Å². The zero-order chi connectivity index (χ0) is 12.3. The predicted octanol–water partition coefficient (Wildman–Crippen LogP) is 2.02. The van der Waals surface area contributed by atoms with Crippen LogP contribution in [0.2, 0.25) is 0 Å². The number of nitrogens with zero attached hydrogens (tertiary/aromatic N) is 2. The van der Waals surface area contributed by atoms with Crippen molar-refractivity contribution in [3.05, 3.63) is 12.4 Å². The topological polar surface area (TPSA) is 46.5 Å². The monoisotopic (exact) mass is 303 g/mol. The van der Waals surface area contributed by atoms with Crippen LogP contribution in [0.4, 0.5) is 0 Å². The molecule has 88 valence electrons. The SMILES string of the molecule is O=C(C(Cl)Cl)[N+]1(C(=O)C(Cl)Cl)C=CN=CC1. The van der Waals surface area contributed by atoms with Gasteiger partial charge in [-0.1, -0.05) is 46.4 Å². The maximum atomic E-state index is 11.8. The van der Waals surface area contributed by atoms with E-state index in [-0.39, 0.29) is 6.54 Å². The molecule has 2 amide bonds. The highest BCUT2D eigenvalue weighted by molar-refractivity contribution is 6.55. The Kier molecular flexibility index (Phi) is 4.76. The average molecular weight is 305 g/mol. The second-order valence-corrected chi connectivity index (χ2v) is 5.15. The van der Waals surface area contributed by atoms with Gasteiger partial charge in [-0.3, -0.25) is 4.99 Å². The molecule has 0 N–H and O–H groups in total. The summed E-state index contributed by atoms with van der Waals surface area (Å²) >= 11 is 21.9. The maximum Gasteiger partial charge on any atom is 0.359 e. The minimum absolute atomic E-state index is 0.0000463. The van der Waals surface area contributed by atoms with E-state index in [1.54, 1.807) is 0 Å². The molecule has 0 saturated carbocycles. The molecule has 0 spiro atoms. The first-order valence-corrected chi connectivity index (χ1v) is 5.88. The van der Waals surface area contributed by atoms with Gasteiger partial charge in [0.25, 0.3) is 0 Å². The Morgan fingerprint density at radius 1 is 1.12 bits per heavy atom. The Balaban J connectivity index is 3.13. The third-order valence-corrected chi connectivity index (χ3v) is 2.79. The molecule has 1 rings (SSSR count). The number of imide groups is 1. The lowest BCUT2D eigenvalue weighted by molar-refractivity contribution is -0.713. The van der Waals surface area contributed by atoms with Crippen molar-refractivity contribution in [3.8, 4) is 0 Å². The first kappa shape index (κ1) is 13.9. The van der Waals surface area contributed by atoms with Crippen LogP contribution >= 0.6 is 46.4 Å². The van der Waals surface area contributed by atoms with Crippen LogP contribution in [0.5, 0.6) is 0 Å². The number of carbonyl (C=O) groups excluding carboxylic acids is 2. The summed E-state index contributed by atoms with van der Waals surface area (Å²) < 4.78 is -0.751. The number of halogens is 4. The highest BCUT2D eigenvalue weighted by Gasteiger charge is 2.48. The fourth-order valence-corrected chi connectivity index (χ4v) is 1.93. The van der Waals surface area contributed by atoms with E-state index in [1.165, 1.54) is 18.6 Å². The summed E-state index contributed by atoms with van der Waals surface area (Å²) in [4.78, 5) is 24.7. The van der Waals surface area contributed by atoms with E-state index in [0.29, 0.717) is 0 Å². The van der Waals surface area contributed by atoms with Gasteiger partial charge in [-0.05, 0) is 0 Å². The summed E-state index contributed by atoms with van der Waals surface area (Å²) in [5.74, 6) is -1.41. The molecule has 4 nitrogen and oxygen atoms in total. The standard InChI is InChI=1S/C8H7Cl4N2O2/c9-5(10)7(15)14(8(16)6(11)12)3-1-13-2-4-14/h1-3,5-6H,4H2/q+1. The van der Waals surface area contributed by atoms with E-state index >= 15 is 0 Å². The fourth-order valence-electron chi connectivity index (χ4n) is 1.23. The molecular formula is C8H7Cl4N2O2+. The largest absolute Gasteiger partial charge is 0.359 e. The van der Waals surface area contributed by atoms with Gasteiger partial charge in [-0.25, -0.2) is 9.59 Å². The van der Waals surface area contributed by atoms with Gasteiger partial charge in [-0.2, -0.15) is 4.48 Å². The minimum Gasteiger partial charge on any atom is -0.258 e. The molecule has 1 heterocycles. The summed E-state index contributed by atoms with van der Waals surface area (Å²) in [6.07, 6.45) is 3.95. The predicted molar refractivity (Wildman–Crippen MR) is 63.8 cm³/mol. The van der Waals surface area contributed by atoms with Gasteiger partial charge in [0.2, 0.25) is 9.67 Å². The molecule has 0 bridgehead atoms. The van der Waals surface area contributed by atoms with Crippen molar-refractivity contribution >= 4 is 64.4 Å². The van der Waals surface area contributed by atoms with Crippen molar-refractivity contribution in [2.45, 2.75) is 9.67 Å². The van der Waals surface area contributed by atoms with Crippen LogP contribution < -0.4 is 0 Å². The average Bonchev–Trinajstić information content (AvgIpc) is 2.27. The number of carbonyl (C=O) groups is 2. The van der Waals surface area contributed by atoms with Gasteiger partial charge >= 0.3 is 11.8 Å². The molecule has 0 aromatic rings. The molecule has 0 radical (unpaired) electrons. The third-order valence-electron chi connectivity index (χ3n) is 2.04. The van der Waals surface area contributed by atoms with E-state index in [9.17, 15) is 9.59 Å². The molecule has 0 unspecified atom stereocenters. The van der Waals surface area contributed by atoms with E-state index in [0.717, 1.165) is 0 Å². The van der Waals surface area contributed by atoms with E-state index < -0.39 is 26.0 Å². The minimum atomic E-state index is -1.34. The molecular weight excluding hydrogens is 298 g/mol. The molecule has 1 aliphatic heterocycles. The fraction of sp³-hybridized carbons (Fsp3) is 0.375. The van der Waals surface area contributed by atoms with Crippen LogP contribution in [0.1, 0.15) is 0 Å². The number of rotatable bonds is 2. The zero-order valence-corrected chi connectivity index (χ0v) is 10.8. The molecule has 16 heavy (non-hydrogen) atoms. The Morgan fingerprint density at radius 2 is 1.62 bits per heavy atom. The number of hydrogen-bond acceptors (Lipinski definition) is 3. The molecule has 0 fully saturated rings. The highest BCUT2D eigenvalue weighted by Crippen LogP contribution is 2.23. The number of aliphatic imine (C=N–C) groups is 1. The molecule has 0 aromatic carbocycles. The summed E-state index contributed by atoms with van der Waals surface area (Å²) in [5, 5.41) is 0. The lowest BCUT2D eigenvalue weighted by atomic mass is 10.3. The maximum absolute atomic E-state index is 11.8. The van der Waals surface area contributed by atoms with Crippen LogP contribution in [-0.4, -0.2) is 38.7 Å². The lowest BCUT2D eigenvalue weighted by Gasteiger charge is -2.29. The number of hydrogen-bond donors (Lipinski definition) is 0. The molecule has 0 saturated heterocycles. The number of alkyl halides is 4. The highest BCUT2D eigenvalue weighted by atomic mass is 35.5. The van der Waals surface area contributed by atoms with Crippen molar-refractivity contribution in [2.75, 3.05) is 6.54 Å². The normalized spacial score (nSPS) is 18.1. The molecule has 0 atom stereocenters. The molecule has 1 aliphatic rings. The second kappa shape index (κ2) is 5.47. The van der Waals surface area contributed by atoms with E-state index in [4.69, 9.17) is 46.4 Å². The third kappa shape index (κ3) is 2.57. The summed E-state index contributed by atoms with van der Waals surface area (Å²) in [7, 11) is 0. The Bertz CT molecular complexity index is 345. The van der Waals surface area contributed by atoms with Crippen molar-refractivity contribution < 1.29 is 14.1 Å². The van der Waals surface area contributed by atoms with Gasteiger partial charge in [0.1, 0.15) is 12.7 Å². The van der Waals surface area contributed by atoms with Gasteiger partial charge in [0, 0.05) is 0 Å². The molecule has 0 aromatic heterocycles. The zero-order valence-electron chi connectivity index (χ0n) is 7.82. The van der Waals surface area contributed by atoms with Crippen molar-refractivity contribution in [3.63, 3.8) is 0 Å². The van der Waals surface area contributed by atoms with Crippen LogP contribution in [0.3, 0.4) is 0 Å². The van der Waals surface area contributed by atoms with Gasteiger partial charge in [0.05, 0.1) is 12.4 Å². The molecule has 8 heteroatoms. The quantitative estimate of drug-likeness (QED) is 0.579. The van der Waals surface area contributed by atoms with E-state index in [1.807, 2.05) is 0 Å². The van der Waals surface area contributed by atoms with Gasteiger partial charge in [0.15, 0.2) is 0 Å². The summed E-state index contributed by atoms with van der Waals surface area (Å²) in [5.41, 5.74) is 0. The van der Waals surface area contributed by atoms with Gasteiger partial charge < -0.3 is 0 Å². The first-order chi connectivity index (χ1) is 7.42. The van der Waals surface area contributed by atoms with Crippen molar-refractivity contribution in [1.82, 2.24) is 0 Å². The lowest BCUT2D eigenvalue weighted by Crippen LogP contribution is -2.58. The van der Waals surface area contributed by atoms with Crippen LogP contribution in [0.25, 0.3) is 0 Å². The Hall–Kier alpha value is -0.130. The molecule has 0 aliphatic carbocycles. The Labute approximate surface area is 112 Å². The van der Waals surface area contributed by atoms with E-state index in [2.05, 4.69) is 4.99 Å². The smallest absolute Gasteiger partial charge is 0.258 e. The number of amides is 2. The Morgan fingerprint density at radius 3 is 1.94 bits per heavy atom. The van der Waals surface area contributed by atoms with Crippen LogP contribution in [0, 0.1) is 0 Å². The van der Waals surface area contributed by atoms with Crippen molar-refractivity contribution in [1.29, 1.82) is 0 Å². The summed E-state index contributed by atoms with van der Waals surface area (Å²) in [6, 6.07) is 0. The first-order valence-electron chi connectivity index (χ1n) is 4.14. The summed E-state index contributed by atoms with van der Waals surface area (Å²) in [6.45, 7) is 0.0000463. The van der Waals surface area contributed by atoms with Crippen LogP contribution in [-0.2, 0) is 9.59 Å².